The molecule has 0 aromatic heterocycles. The van der Waals surface area contributed by atoms with E-state index in [4.69, 9.17) is 9.84 Å². The molecule has 6 heteroatoms. The van der Waals surface area contributed by atoms with Crippen molar-refractivity contribution in [2.75, 3.05) is 13.3 Å². The fourth-order valence-corrected chi connectivity index (χ4v) is 1.54. The first-order valence-corrected chi connectivity index (χ1v) is 4.97. The molecule has 0 amide bonds. The molecule has 1 fully saturated rings. The van der Waals surface area contributed by atoms with E-state index in [-0.39, 0.29) is 6.73 Å². The van der Waals surface area contributed by atoms with Crippen LogP contribution in [-0.4, -0.2) is 46.1 Å². The molecule has 0 spiro atoms. The molecular formula is C10H15NO5. The van der Waals surface area contributed by atoms with E-state index >= 15 is 0 Å². The van der Waals surface area contributed by atoms with Crippen LogP contribution in [0.25, 0.3) is 0 Å². The molecule has 16 heavy (non-hydrogen) atoms. The Kier molecular flexibility index (Phi) is 4.03. The van der Waals surface area contributed by atoms with Gasteiger partial charge >= 0.3 is 11.9 Å². The van der Waals surface area contributed by atoms with E-state index in [0.717, 1.165) is 12.5 Å². The smallest absolute Gasteiger partial charge is 0.332 e. The molecule has 1 atom stereocenters. The number of rotatable bonds is 4. The number of carboxylic acids is 1. The topological polar surface area (TPSA) is 87.1 Å². The van der Waals surface area contributed by atoms with Gasteiger partial charge in [-0.2, -0.15) is 0 Å². The summed E-state index contributed by atoms with van der Waals surface area (Å²) in [4.78, 5) is 22.8. The zero-order valence-electron chi connectivity index (χ0n) is 9.05. The van der Waals surface area contributed by atoms with Crippen LogP contribution in [0.4, 0.5) is 0 Å². The molecule has 0 bridgehead atoms. The number of hydrogen-bond donors (Lipinski definition) is 2. The van der Waals surface area contributed by atoms with Crippen molar-refractivity contribution in [2.24, 2.45) is 0 Å². The third-order valence-corrected chi connectivity index (χ3v) is 2.48. The number of likely N-dealkylation sites (tertiary alicyclic amines) is 1. The average molecular weight is 229 g/mol. The summed E-state index contributed by atoms with van der Waals surface area (Å²) < 4.78 is 4.79. The Labute approximate surface area is 93.1 Å². The lowest BCUT2D eigenvalue weighted by Gasteiger charge is -2.28. The van der Waals surface area contributed by atoms with Crippen molar-refractivity contribution in [3.05, 3.63) is 12.2 Å². The summed E-state index contributed by atoms with van der Waals surface area (Å²) in [5.74, 6) is -1.93. The number of carbonyl (C=O) groups excluding carboxylic acids is 1. The molecule has 0 radical (unpaired) electrons. The van der Waals surface area contributed by atoms with E-state index < -0.39 is 17.7 Å². The van der Waals surface area contributed by atoms with E-state index in [1.54, 1.807) is 11.8 Å². The maximum absolute atomic E-state index is 11.0. The molecule has 0 saturated carbocycles. The highest BCUT2D eigenvalue weighted by Gasteiger charge is 2.34. The van der Waals surface area contributed by atoms with Crippen LogP contribution in [0.1, 0.15) is 19.8 Å². The highest BCUT2D eigenvalue weighted by molar-refractivity contribution is 5.90. The molecule has 1 saturated heterocycles. The molecule has 1 aliphatic heterocycles. The second kappa shape index (κ2) is 5.09. The van der Waals surface area contributed by atoms with Crippen LogP contribution in [0, 0.1) is 0 Å². The molecule has 6 nitrogen and oxygen atoms in total. The molecule has 90 valence electrons. The van der Waals surface area contributed by atoms with Gasteiger partial charge < -0.3 is 14.9 Å². The number of aliphatic carboxylic acids is 1. The SMILES string of the molecule is CC1(O)CCCN1COC(=O)/C=C/C(=O)O. The van der Waals surface area contributed by atoms with Crippen molar-refractivity contribution in [1.29, 1.82) is 0 Å². The minimum atomic E-state index is -1.20. The predicted molar refractivity (Wildman–Crippen MR) is 54.3 cm³/mol. The first-order chi connectivity index (χ1) is 7.42. The molecule has 0 aromatic rings. The minimum absolute atomic E-state index is 0.0320. The van der Waals surface area contributed by atoms with Gasteiger partial charge in [0.15, 0.2) is 0 Å². The Morgan fingerprint density at radius 2 is 2.19 bits per heavy atom. The summed E-state index contributed by atoms with van der Waals surface area (Å²) in [6.45, 7) is 2.28. The van der Waals surface area contributed by atoms with Crippen LogP contribution >= 0.6 is 0 Å². The Morgan fingerprint density at radius 3 is 2.69 bits per heavy atom. The largest absolute Gasteiger partial charge is 0.478 e. The molecular weight excluding hydrogens is 214 g/mol. The van der Waals surface area contributed by atoms with Gasteiger partial charge in [0, 0.05) is 18.7 Å². The lowest BCUT2D eigenvalue weighted by molar-refractivity contribution is -0.154. The number of nitrogens with zero attached hydrogens (tertiary/aromatic N) is 1. The zero-order chi connectivity index (χ0) is 12.2. The summed E-state index contributed by atoms with van der Waals surface area (Å²) in [7, 11) is 0. The van der Waals surface area contributed by atoms with Crippen molar-refractivity contribution in [3.63, 3.8) is 0 Å². The third-order valence-electron chi connectivity index (χ3n) is 2.48. The van der Waals surface area contributed by atoms with Crippen LogP contribution in [0.15, 0.2) is 12.2 Å². The van der Waals surface area contributed by atoms with E-state index in [9.17, 15) is 14.7 Å². The monoisotopic (exact) mass is 229 g/mol. The summed E-state index contributed by atoms with van der Waals surface area (Å²) in [6.07, 6.45) is 3.03. The minimum Gasteiger partial charge on any atom is -0.478 e. The van der Waals surface area contributed by atoms with Gasteiger partial charge in [0.2, 0.25) is 0 Å². The Hall–Kier alpha value is -1.40. The maximum atomic E-state index is 11.0. The van der Waals surface area contributed by atoms with E-state index in [2.05, 4.69) is 0 Å². The molecule has 2 N–H and O–H groups in total. The van der Waals surface area contributed by atoms with Crippen molar-refractivity contribution in [3.8, 4) is 0 Å². The van der Waals surface area contributed by atoms with Crippen molar-refractivity contribution in [1.82, 2.24) is 4.90 Å². The third kappa shape index (κ3) is 3.63. The number of aliphatic hydroxyl groups is 1. The highest BCUT2D eigenvalue weighted by atomic mass is 16.5. The normalized spacial score (nSPS) is 26.1. The molecule has 0 aromatic carbocycles. The summed E-state index contributed by atoms with van der Waals surface area (Å²) in [5, 5.41) is 18.1. The summed E-state index contributed by atoms with van der Waals surface area (Å²) in [5.41, 5.74) is -0.948. The Balaban J connectivity index is 2.35. The second-order valence-electron chi connectivity index (χ2n) is 3.85. The van der Waals surface area contributed by atoms with Gasteiger partial charge in [-0.25, -0.2) is 14.5 Å². The van der Waals surface area contributed by atoms with Crippen LogP contribution in [0.5, 0.6) is 0 Å². The number of hydrogen-bond acceptors (Lipinski definition) is 5. The average Bonchev–Trinajstić information content (AvgIpc) is 2.51. The maximum Gasteiger partial charge on any atom is 0.332 e. The lowest BCUT2D eigenvalue weighted by atomic mass is 10.2. The van der Waals surface area contributed by atoms with Crippen LogP contribution in [-0.2, 0) is 14.3 Å². The Morgan fingerprint density at radius 1 is 1.50 bits per heavy atom. The van der Waals surface area contributed by atoms with Gasteiger partial charge in [0.1, 0.15) is 12.5 Å². The van der Waals surface area contributed by atoms with Gasteiger partial charge in [0.25, 0.3) is 0 Å². The van der Waals surface area contributed by atoms with Crippen molar-refractivity contribution < 1.29 is 24.5 Å². The van der Waals surface area contributed by atoms with Gasteiger partial charge in [-0.05, 0) is 19.8 Å². The summed E-state index contributed by atoms with van der Waals surface area (Å²) in [6, 6.07) is 0. The lowest BCUT2D eigenvalue weighted by Crippen LogP contribution is -2.42. The van der Waals surface area contributed by atoms with Crippen LogP contribution in [0.3, 0.4) is 0 Å². The van der Waals surface area contributed by atoms with Gasteiger partial charge in [-0.15, -0.1) is 0 Å². The molecule has 1 unspecified atom stereocenters. The molecule has 1 rings (SSSR count). The zero-order valence-corrected chi connectivity index (χ0v) is 9.05. The number of carbonyl (C=O) groups is 2. The van der Waals surface area contributed by atoms with Crippen molar-refractivity contribution >= 4 is 11.9 Å². The van der Waals surface area contributed by atoms with E-state index in [0.29, 0.717) is 19.0 Å². The second-order valence-corrected chi connectivity index (χ2v) is 3.85. The fourth-order valence-electron chi connectivity index (χ4n) is 1.54. The molecule has 0 aliphatic carbocycles. The standard InChI is InChI=1S/C10H15NO5/c1-10(15)5-2-6-11(10)7-16-9(14)4-3-8(12)13/h3-4,15H,2,5-7H2,1H3,(H,12,13)/b4-3+. The fraction of sp³-hybridized carbons (Fsp3) is 0.600. The van der Waals surface area contributed by atoms with Crippen LogP contribution < -0.4 is 0 Å². The molecule has 1 heterocycles. The van der Waals surface area contributed by atoms with Crippen LogP contribution in [0.2, 0.25) is 0 Å². The number of esters is 1. The Bertz CT molecular complexity index is 310. The van der Waals surface area contributed by atoms with Gasteiger partial charge in [-0.3, -0.25) is 0 Å². The van der Waals surface area contributed by atoms with E-state index in [1.165, 1.54) is 0 Å². The van der Waals surface area contributed by atoms with Crippen molar-refractivity contribution in [2.45, 2.75) is 25.5 Å². The van der Waals surface area contributed by atoms with Gasteiger partial charge in [0.05, 0.1) is 0 Å². The highest BCUT2D eigenvalue weighted by Crippen LogP contribution is 2.25. The predicted octanol–water partition coefficient (Wildman–Crippen LogP) is -0.0678. The number of carboxylic acid groups (broad SMARTS) is 1. The molecule has 1 aliphatic rings. The number of ether oxygens (including phenoxy) is 1. The first-order valence-electron chi connectivity index (χ1n) is 4.97. The van der Waals surface area contributed by atoms with E-state index in [1.807, 2.05) is 0 Å². The van der Waals surface area contributed by atoms with Gasteiger partial charge in [-0.1, -0.05) is 0 Å². The first kappa shape index (κ1) is 12.7. The quantitative estimate of drug-likeness (QED) is 0.518. The summed E-state index contributed by atoms with van der Waals surface area (Å²) >= 11 is 0.